The number of esters is 1. The number of nitro benzene ring substituents is 1. The predicted octanol–water partition coefficient (Wildman–Crippen LogP) is 3.49. The molecule has 8 nitrogen and oxygen atoms in total. The minimum absolute atomic E-state index is 0.0561. The van der Waals surface area contributed by atoms with E-state index in [-0.39, 0.29) is 41.2 Å². The number of aryl methyl sites for hydroxylation is 1. The lowest BCUT2D eigenvalue weighted by Crippen LogP contribution is -2.14. The minimum Gasteiger partial charge on any atom is -0.484 e. The highest BCUT2D eigenvalue weighted by molar-refractivity contribution is 6.32. The maximum atomic E-state index is 12.5. The molecule has 0 radical (unpaired) electrons. The van der Waals surface area contributed by atoms with Crippen molar-refractivity contribution in [2.24, 2.45) is 0 Å². The van der Waals surface area contributed by atoms with Gasteiger partial charge in [-0.1, -0.05) is 11.6 Å². The summed E-state index contributed by atoms with van der Waals surface area (Å²) < 4.78 is 11.9. The molecule has 0 bridgehead atoms. The van der Waals surface area contributed by atoms with Crippen molar-refractivity contribution in [2.75, 3.05) is 13.7 Å². The second kappa shape index (κ2) is 8.68. The summed E-state index contributed by atoms with van der Waals surface area (Å²) in [6.45, 7) is 3.77. The Hall–Kier alpha value is -2.87. The smallest absolute Gasteiger partial charge is 0.307 e. The monoisotopic (exact) mass is 394 g/mol. The van der Waals surface area contributed by atoms with E-state index in [2.05, 4.69) is 4.74 Å². The quantitative estimate of drug-likeness (QED) is 0.294. The van der Waals surface area contributed by atoms with Gasteiger partial charge in [-0.05, 0) is 26.0 Å². The van der Waals surface area contributed by atoms with Gasteiger partial charge in [0.05, 0.1) is 23.5 Å². The van der Waals surface area contributed by atoms with Crippen LogP contribution in [0, 0.1) is 24.0 Å². The highest BCUT2D eigenvalue weighted by Crippen LogP contribution is 2.29. The third-order valence-corrected chi connectivity index (χ3v) is 4.42. The van der Waals surface area contributed by atoms with Crippen LogP contribution in [0.2, 0.25) is 5.02 Å². The predicted molar refractivity (Wildman–Crippen MR) is 98.5 cm³/mol. The number of ether oxygens (including phenoxy) is 2. The maximum Gasteiger partial charge on any atom is 0.307 e. The summed E-state index contributed by atoms with van der Waals surface area (Å²) in [6.07, 6.45) is 0.204. The van der Waals surface area contributed by atoms with Gasteiger partial charge in [-0.25, -0.2) is 0 Å². The molecule has 0 amide bonds. The molecule has 9 heteroatoms. The number of carbonyl (C=O) groups excluding carboxylic acids is 2. The standard InChI is InChI=1S/C18H19ClN2O6/c1-11-8-14(12(2)20(11)7-6-18(23)26-3)16(22)10-27-17-5-4-13(21(24)25)9-15(17)19/h4-5,8-9H,6-7,10H2,1-3H3. The molecule has 144 valence electrons. The molecule has 0 N–H and O–H groups in total. The third kappa shape index (κ3) is 4.85. The summed E-state index contributed by atoms with van der Waals surface area (Å²) in [5.74, 6) is -0.400. The number of halogens is 1. The van der Waals surface area contributed by atoms with Gasteiger partial charge in [-0.15, -0.1) is 0 Å². The van der Waals surface area contributed by atoms with Gasteiger partial charge in [0.2, 0.25) is 5.78 Å². The number of ketones is 1. The lowest BCUT2D eigenvalue weighted by Gasteiger charge is -2.09. The zero-order chi connectivity index (χ0) is 20.1. The van der Waals surface area contributed by atoms with E-state index in [1.54, 1.807) is 13.0 Å². The van der Waals surface area contributed by atoms with E-state index in [1.165, 1.54) is 25.3 Å². The molecule has 0 saturated heterocycles. The molecule has 1 aromatic heterocycles. The number of nitro groups is 1. The maximum absolute atomic E-state index is 12.5. The van der Waals surface area contributed by atoms with Crippen LogP contribution < -0.4 is 4.74 Å². The topological polar surface area (TPSA) is 101 Å². The molecule has 0 fully saturated rings. The van der Waals surface area contributed by atoms with E-state index in [9.17, 15) is 19.7 Å². The summed E-state index contributed by atoms with van der Waals surface area (Å²) in [6, 6.07) is 5.51. The molecular formula is C18H19ClN2O6. The lowest BCUT2D eigenvalue weighted by atomic mass is 10.1. The molecule has 0 atom stereocenters. The fraction of sp³-hybridized carbons (Fsp3) is 0.333. The van der Waals surface area contributed by atoms with Crippen molar-refractivity contribution in [1.82, 2.24) is 4.57 Å². The average Bonchev–Trinajstić information content (AvgIpc) is 2.92. The average molecular weight is 395 g/mol. The van der Waals surface area contributed by atoms with Crippen molar-refractivity contribution in [3.05, 3.63) is 56.4 Å². The van der Waals surface area contributed by atoms with Gasteiger partial charge in [0.25, 0.3) is 5.69 Å². The van der Waals surface area contributed by atoms with Gasteiger partial charge in [-0.2, -0.15) is 0 Å². The molecule has 27 heavy (non-hydrogen) atoms. The Morgan fingerprint density at radius 1 is 1.26 bits per heavy atom. The third-order valence-electron chi connectivity index (χ3n) is 4.13. The van der Waals surface area contributed by atoms with E-state index in [4.69, 9.17) is 16.3 Å². The van der Waals surface area contributed by atoms with Crippen LogP contribution in [0.5, 0.6) is 5.75 Å². The number of hydrogen-bond donors (Lipinski definition) is 0. The van der Waals surface area contributed by atoms with E-state index in [0.29, 0.717) is 12.1 Å². The number of carbonyl (C=O) groups is 2. The van der Waals surface area contributed by atoms with Crippen molar-refractivity contribution in [1.29, 1.82) is 0 Å². The summed E-state index contributed by atoms with van der Waals surface area (Å²) in [5.41, 5.74) is 1.89. The van der Waals surface area contributed by atoms with Crippen molar-refractivity contribution in [3.8, 4) is 5.75 Å². The number of Topliss-reactive ketones (excluding diaryl/α,β-unsaturated/α-hetero) is 1. The summed E-state index contributed by atoms with van der Waals surface area (Å²) in [5, 5.41) is 10.8. The van der Waals surface area contributed by atoms with Gasteiger partial charge in [-0.3, -0.25) is 19.7 Å². The normalized spacial score (nSPS) is 10.5. The molecule has 2 rings (SSSR count). The first-order chi connectivity index (χ1) is 12.7. The van der Waals surface area contributed by atoms with Gasteiger partial charge in [0, 0.05) is 35.6 Å². The number of benzene rings is 1. The molecule has 0 aliphatic heterocycles. The fourth-order valence-electron chi connectivity index (χ4n) is 2.67. The summed E-state index contributed by atoms with van der Waals surface area (Å²) >= 11 is 5.96. The van der Waals surface area contributed by atoms with E-state index in [0.717, 1.165) is 11.4 Å². The van der Waals surface area contributed by atoms with E-state index >= 15 is 0 Å². The molecule has 0 unspecified atom stereocenters. The van der Waals surface area contributed by atoms with Crippen LogP contribution in [0.1, 0.15) is 28.2 Å². The number of aromatic nitrogens is 1. The van der Waals surface area contributed by atoms with Crippen LogP contribution in [0.25, 0.3) is 0 Å². The van der Waals surface area contributed by atoms with Crippen LogP contribution in [0.4, 0.5) is 5.69 Å². The molecule has 0 aliphatic rings. The Morgan fingerprint density at radius 2 is 1.96 bits per heavy atom. The second-order valence-corrected chi connectivity index (χ2v) is 6.25. The minimum atomic E-state index is -0.565. The Balaban J connectivity index is 2.08. The van der Waals surface area contributed by atoms with Gasteiger partial charge in [0.1, 0.15) is 5.75 Å². The van der Waals surface area contributed by atoms with Gasteiger partial charge < -0.3 is 14.0 Å². The Bertz CT molecular complexity index is 890. The fourth-order valence-corrected chi connectivity index (χ4v) is 2.90. The molecule has 0 spiro atoms. The van der Waals surface area contributed by atoms with Crippen molar-refractivity contribution in [3.63, 3.8) is 0 Å². The molecule has 0 aliphatic carbocycles. The molecule has 0 saturated carbocycles. The lowest BCUT2D eigenvalue weighted by molar-refractivity contribution is -0.384. The molecule has 2 aromatic rings. The van der Waals surface area contributed by atoms with E-state index < -0.39 is 4.92 Å². The van der Waals surface area contributed by atoms with Crippen LogP contribution in [-0.2, 0) is 16.1 Å². The first kappa shape index (κ1) is 20.4. The van der Waals surface area contributed by atoms with Crippen molar-refractivity contribution >= 4 is 29.0 Å². The Morgan fingerprint density at radius 3 is 2.56 bits per heavy atom. The van der Waals surface area contributed by atoms with Crippen LogP contribution in [0.15, 0.2) is 24.3 Å². The number of hydrogen-bond acceptors (Lipinski definition) is 6. The largest absolute Gasteiger partial charge is 0.484 e. The second-order valence-electron chi connectivity index (χ2n) is 5.85. The highest BCUT2D eigenvalue weighted by Gasteiger charge is 2.18. The first-order valence-corrected chi connectivity index (χ1v) is 8.46. The Labute approximate surface area is 160 Å². The molecule has 1 heterocycles. The highest BCUT2D eigenvalue weighted by atomic mass is 35.5. The zero-order valence-corrected chi connectivity index (χ0v) is 15.9. The van der Waals surface area contributed by atoms with Crippen molar-refractivity contribution in [2.45, 2.75) is 26.8 Å². The van der Waals surface area contributed by atoms with Gasteiger partial charge >= 0.3 is 5.97 Å². The number of nitrogens with zero attached hydrogens (tertiary/aromatic N) is 2. The van der Waals surface area contributed by atoms with Crippen LogP contribution in [-0.4, -0.2) is 35.0 Å². The van der Waals surface area contributed by atoms with E-state index in [1.807, 2.05) is 11.5 Å². The van der Waals surface area contributed by atoms with Gasteiger partial charge in [0.15, 0.2) is 6.61 Å². The SMILES string of the molecule is COC(=O)CCn1c(C)cc(C(=O)COc2ccc([N+](=O)[O-])cc2Cl)c1C. The zero-order valence-electron chi connectivity index (χ0n) is 15.2. The number of rotatable bonds is 8. The molecular weight excluding hydrogens is 376 g/mol. The van der Waals surface area contributed by atoms with Crippen LogP contribution in [0.3, 0.4) is 0 Å². The number of non-ortho nitro benzene ring substituents is 1. The Kier molecular flexibility index (Phi) is 6.57. The number of methoxy groups -OCH3 is 1. The summed E-state index contributed by atoms with van der Waals surface area (Å²) in [4.78, 5) is 34.0. The molecule has 1 aromatic carbocycles. The van der Waals surface area contributed by atoms with Crippen molar-refractivity contribution < 1.29 is 24.0 Å². The first-order valence-electron chi connectivity index (χ1n) is 8.08. The van der Waals surface area contributed by atoms with Crippen LogP contribution >= 0.6 is 11.6 Å². The summed E-state index contributed by atoms with van der Waals surface area (Å²) in [7, 11) is 1.33.